The maximum Gasteiger partial charge on any atom is 0.159 e. The van der Waals surface area contributed by atoms with Crippen molar-refractivity contribution < 1.29 is 13.7 Å². The first-order valence-electron chi connectivity index (χ1n) is 6.50. The summed E-state index contributed by atoms with van der Waals surface area (Å²) in [6, 6.07) is 5.30. The molecule has 1 rings (SSSR count). The SMILES string of the molecule is CCC(C)CS(=O)Cc1cc(C(C)=O)ccc1OC. The van der Waals surface area contributed by atoms with Crippen LogP contribution in [0.3, 0.4) is 0 Å². The molecule has 0 aliphatic carbocycles. The summed E-state index contributed by atoms with van der Waals surface area (Å²) in [6.45, 7) is 5.72. The van der Waals surface area contributed by atoms with Gasteiger partial charge in [-0.15, -0.1) is 0 Å². The minimum absolute atomic E-state index is 0.0108. The third-order valence-electron chi connectivity index (χ3n) is 3.17. The highest BCUT2D eigenvalue weighted by Gasteiger charge is 2.12. The third kappa shape index (κ3) is 4.78. The Kier molecular flexibility index (Phi) is 6.22. The number of ketones is 1. The molecule has 0 saturated heterocycles. The molecule has 0 aliphatic heterocycles. The van der Waals surface area contributed by atoms with Crippen molar-refractivity contribution in [3.05, 3.63) is 29.3 Å². The van der Waals surface area contributed by atoms with Crippen LogP contribution in [0.15, 0.2) is 18.2 Å². The molecular weight excluding hydrogens is 260 g/mol. The van der Waals surface area contributed by atoms with Crippen molar-refractivity contribution in [2.45, 2.75) is 32.9 Å². The fraction of sp³-hybridized carbons (Fsp3) is 0.533. The quantitative estimate of drug-likeness (QED) is 0.721. The van der Waals surface area contributed by atoms with Gasteiger partial charge in [0.15, 0.2) is 5.78 Å². The number of benzene rings is 1. The van der Waals surface area contributed by atoms with E-state index in [1.165, 1.54) is 6.92 Å². The summed E-state index contributed by atoms with van der Waals surface area (Å²) in [5, 5.41) is 0. The maximum atomic E-state index is 12.1. The zero-order chi connectivity index (χ0) is 14.4. The van der Waals surface area contributed by atoms with Gasteiger partial charge in [-0.25, -0.2) is 0 Å². The lowest BCUT2D eigenvalue weighted by Gasteiger charge is -2.12. The molecule has 1 aromatic rings. The normalized spacial score (nSPS) is 13.9. The number of Topliss-reactive ketones (excluding diaryl/α,β-unsaturated/α-hetero) is 1. The van der Waals surface area contributed by atoms with Gasteiger partial charge in [0.25, 0.3) is 0 Å². The minimum atomic E-state index is -0.926. The van der Waals surface area contributed by atoms with E-state index in [1.54, 1.807) is 25.3 Å². The van der Waals surface area contributed by atoms with E-state index in [-0.39, 0.29) is 5.78 Å². The molecule has 0 amide bonds. The van der Waals surface area contributed by atoms with Crippen molar-refractivity contribution in [2.24, 2.45) is 5.92 Å². The zero-order valence-electron chi connectivity index (χ0n) is 12.1. The minimum Gasteiger partial charge on any atom is -0.496 e. The van der Waals surface area contributed by atoms with E-state index in [0.717, 1.165) is 12.0 Å². The molecule has 0 aliphatic rings. The van der Waals surface area contributed by atoms with Crippen LogP contribution in [0.5, 0.6) is 5.75 Å². The van der Waals surface area contributed by atoms with Crippen molar-refractivity contribution in [1.82, 2.24) is 0 Å². The molecular formula is C15H22O3S. The Hall–Kier alpha value is -1.16. The molecule has 19 heavy (non-hydrogen) atoms. The fourth-order valence-corrected chi connectivity index (χ4v) is 3.34. The lowest BCUT2D eigenvalue weighted by Crippen LogP contribution is -2.10. The molecule has 0 saturated carbocycles. The van der Waals surface area contributed by atoms with Gasteiger partial charge in [0.1, 0.15) is 5.75 Å². The Balaban J connectivity index is 2.88. The number of hydrogen-bond acceptors (Lipinski definition) is 3. The van der Waals surface area contributed by atoms with Crippen molar-refractivity contribution in [3.8, 4) is 5.75 Å². The van der Waals surface area contributed by atoms with Crippen LogP contribution >= 0.6 is 0 Å². The molecule has 0 fully saturated rings. The molecule has 106 valence electrons. The van der Waals surface area contributed by atoms with Crippen LogP contribution in [-0.4, -0.2) is 22.9 Å². The average molecular weight is 282 g/mol. The van der Waals surface area contributed by atoms with Crippen LogP contribution in [0.2, 0.25) is 0 Å². The van der Waals surface area contributed by atoms with Gasteiger partial charge in [0.05, 0.1) is 12.9 Å². The van der Waals surface area contributed by atoms with Crippen LogP contribution < -0.4 is 4.74 Å². The van der Waals surface area contributed by atoms with Crippen molar-refractivity contribution in [2.75, 3.05) is 12.9 Å². The van der Waals surface area contributed by atoms with Gasteiger partial charge >= 0.3 is 0 Å². The molecule has 0 radical (unpaired) electrons. The number of hydrogen-bond donors (Lipinski definition) is 0. The van der Waals surface area contributed by atoms with Gasteiger partial charge in [0, 0.05) is 27.7 Å². The van der Waals surface area contributed by atoms with Crippen LogP contribution in [0.25, 0.3) is 0 Å². The highest BCUT2D eigenvalue weighted by Crippen LogP contribution is 2.22. The topological polar surface area (TPSA) is 43.4 Å². The summed E-state index contributed by atoms with van der Waals surface area (Å²) < 4.78 is 17.4. The summed E-state index contributed by atoms with van der Waals surface area (Å²) in [7, 11) is 0.662. The standard InChI is InChI=1S/C15H22O3S/c1-5-11(2)9-19(17)10-14-8-13(12(3)16)6-7-15(14)18-4/h6-8,11H,5,9-10H2,1-4H3. The number of rotatable bonds is 7. The van der Waals surface area contributed by atoms with Crippen LogP contribution in [0, 0.1) is 5.92 Å². The number of methoxy groups -OCH3 is 1. The molecule has 0 N–H and O–H groups in total. The summed E-state index contributed by atoms with van der Waals surface area (Å²) in [6.07, 6.45) is 1.02. The maximum absolute atomic E-state index is 12.1. The molecule has 1 aromatic carbocycles. The predicted octanol–water partition coefficient (Wildman–Crippen LogP) is 3.19. The Morgan fingerprint density at radius 1 is 1.42 bits per heavy atom. The first-order valence-corrected chi connectivity index (χ1v) is 7.99. The van der Waals surface area contributed by atoms with Gasteiger partial charge < -0.3 is 4.74 Å². The summed E-state index contributed by atoms with van der Waals surface area (Å²) in [5.41, 5.74) is 1.48. The molecule has 2 atom stereocenters. The summed E-state index contributed by atoms with van der Waals surface area (Å²) >= 11 is 0. The highest BCUT2D eigenvalue weighted by atomic mass is 32.2. The Morgan fingerprint density at radius 2 is 2.11 bits per heavy atom. The van der Waals surface area contributed by atoms with Gasteiger partial charge in [-0.05, 0) is 31.0 Å². The molecule has 4 heteroatoms. The molecule has 0 aromatic heterocycles. The lowest BCUT2D eigenvalue weighted by molar-refractivity contribution is 0.101. The highest BCUT2D eigenvalue weighted by molar-refractivity contribution is 7.84. The van der Waals surface area contributed by atoms with E-state index >= 15 is 0 Å². The largest absolute Gasteiger partial charge is 0.496 e. The van der Waals surface area contributed by atoms with Crippen LogP contribution in [0.1, 0.15) is 43.1 Å². The van der Waals surface area contributed by atoms with Gasteiger partial charge in [-0.2, -0.15) is 0 Å². The lowest BCUT2D eigenvalue weighted by atomic mass is 10.1. The van der Waals surface area contributed by atoms with E-state index in [2.05, 4.69) is 13.8 Å². The van der Waals surface area contributed by atoms with Crippen LogP contribution in [-0.2, 0) is 16.6 Å². The Morgan fingerprint density at radius 3 is 2.63 bits per heavy atom. The first kappa shape index (κ1) is 15.9. The average Bonchev–Trinajstić information content (AvgIpc) is 2.38. The summed E-state index contributed by atoms with van der Waals surface area (Å²) in [4.78, 5) is 11.4. The smallest absolute Gasteiger partial charge is 0.159 e. The van der Waals surface area contributed by atoms with Gasteiger partial charge in [-0.3, -0.25) is 9.00 Å². The van der Waals surface area contributed by atoms with Crippen LogP contribution in [0.4, 0.5) is 0 Å². The van der Waals surface area contributed by atoms with E-state index in [4.69, 9.17) is 4.74 Å². The number of carbonyl (C=O) groups excluding carboxylic acids is 1. The number of carbonyl (C=O) groups is 1. The molecule has 2 unspecified atom stereocenters. The molecule has 0 spiro atoms. The van der Waals surface area contributed by atoms with E-state index in [1.807, 2.05) is 0 Å². The van der Waals surface area contributed by atoms with Crippen molar-refractivity contribution in [3.63, 3.8) is 0 Å². The van der Waals surface area contributed by atoms with E-state index in [0.29, 0.717) is 28.7 Å². The first-order chi connectivity index (χ1) is 8.97. The van der Waals surface area contributed by atoms with Gasteiger partial charge in [-0.1, -0.05) is 20.3 Å². The van der Waals surface area contributed by atoms with Crippen molar-refractivity contribution in [1.29, 1.82) is 0 Å². The van der Waals surface area contributed by atoms with E-state index < -0.39 is 10.8 Å². The molecule has 3 nitrogen and oxygen atoms in total. The van der Waals surface area contributed by atoms with E-state index in [9.17, 15) is 9.00 Å². The second-order valence-electron chi connectivity index (χ2n) is 4.85. The van der Waals surface area contributed by atoms with Crippen molar-refractivity contribution >= 4 is 16.6 Å². The fourth-order valence-electron chi connectivity index (χ4n) is 1.78. The number of ether oxygens (including phenoxy) is 1. The zero-order valence-corrected chi connectivity index (χ0v) is 12.9. The Labute approximate surface area is 117 Å². The second kappa shape index (κ2) is 7.43. The Bertz CT molecular complexity index is 468. The monoisotopic (exact) mass is 282 g/mol. The third-order valence-corrected chi connectivity index (χ3v) is 4.74. The molecule has 0 heterocycles. The second-order valence-corrected chi connectivity index (χ2v) is 6.35. The predicted molar refractivity (Wildman–Crippen MR) is 79.2 cm³/mol. The summed E-state index contributed by atoms with van der Waals surface area (Å²) in [5.74, 6) is 2.28. The molecule has 0 bridgehead atoms. The van der Waals surface area contributed by atoms with Gasteiger partial charge in [0.2, 0.25) is 0 Å².